The molecule has 1 aliphatic rings. The third kappa shape index (κ3) is 1.76. The molecule has 90 valence electrons. The van der Waals surface area contributed by atoms with E-state index in [0.29, 0.717) is 12.1 Å². The zero-order chi connectivity index (χ0) is 11.8. The fourth-order valence-electron chi connectivity index (χ4n) is 2.38. The molecule has 0 spiro atoms. The predicted octanol–water partition coefficient (Wildman–Crippen LogP) is 0.916. The molecule has 0 aliphatic carbocycles. The molecule has 0 radical (unpaired) electrons. The fourth-order valence-corrected chi connectivity index (χ4v) is 2.38. The number of fused-ring (bicyclic) bond motifs is 1. The van der Waals surface area contributed by atoms with Gasteiger partial charge in [-0.25, -0.2) is 9.50 Å². The third-order valence-corrected chi connectivity index (χ3v) is 3.34. The molecule has 3 rings (SSSR count). The van der Waals surface area contributed by atoms with Gasteiger partial charge in [0, 0.05) is 37.6 Å². The molecule has 0 aromatic carbocycles. The lowest BCUT2D eigenvalue weighted by molar-refractivity contribution is 0.423. The Morgan fingerprint density at radius 1 is 1.35 bits per heavy atom. The number of aromatic nitrogens is 3. The van der Waals surface area contributed by atoms with E-state index in [1.165, 1.54) is 0 Å². The van der Waals surface area contributed by atoms with Gasteiger partial charge < -0.3 is 10.2 Å². The molecule has 2 atom stereocenters. The average molecular weight is 231 g/mol. The van der Waals surface area contributed by atoms with E-state index in [2.05, 4.69) is 34.1 Å². The van der Waals surface area contributed by atoms with Crippen molar-refractivity contribution >= 4 is 11.3 Å². The summed E-state index contributed by atoms with van der Waals surface area (Å²) in [6.07, 6.45) is 5.51. The number of anilines is 1. The average Bonchev–Trinajstić information content (AvgIpc) is 2.80. The fraction of sp³-hybridized carbons (Fsp3) is 0.500. The van der Waals surface area contributed by atoms with Crippen LogP contribution in [0.1, 0.15) is 13.8 Å². The Bertz CT molecular complexity index is 520. The van der Waals surface area contributed by atoms with E-state index in [9.17, 15) is 0 Å². The molecule has 5 heteroatoms. The van der Waals surface area contributed by atoms with Gasteiger partial charge in [0.25, 0.3) is 0 Å². The highest BCUT2D eigenvalue weighted by atomic mass is 15.3. The minimum Gasteiger partial charge on any atom is -0.349 e. The largest absolute Gasteiger partial charge is 0.349 e. The normalized spacial score (nSPS) is 25.4. The van der Waals surface area contributed by atoms with Crippen LogP contribution in [0.5, 0.6) is 0 Å². The summed E-state index contributed by atoms with van der Waals surface area (Å²) in [6.45, 7) is 6.41. The Balaban J connectivity index is 2.04. The monoisotopic (exact) mass is 231 g/mol. The number of piperazine rings is 1. The Morgan fingerprint density at radius 2 is 2.24 bits per heavy atom. The summed E-state index contributed by atoms with van der Waals surface area (Å²) in [5.74, 6) is 1.03. The van der Waals surface area contributed by atoms with Gasteiger partial charge in [-0.05, 0) is 19.9 Å². The minimum atomic E-state index is 0.458. The van der Waals surface area contributed by atoms with Crippen LogP contribution in [0.25, 0.3) is 5.52 Å². The van der Waals surface area contributed by atoms with Crippen molar-refractivity contribution in [2.24, 2.45) is 0 Å². The topological polar surface area (TPSA) is 45.5 Å². The van der Waals surface area contributed by atoms with E-state index in [-0.39, 0.29) is 0 Å². The molecular formula is C12H17N5. The molecule has 0 amide bonds. The van der Waals surface area contributed by atoms with Crippen LogP contribution in [-0.2, 0) is 0 Å². The Labute approximate surface area is 100 Å². The van der Waals surface area contributed by atoms with Crippen LogP contribution in [0.4, 0.5) is 5.82 Å². The lowest BCUT2D eigenvalue weighted by Crippen LogP contribution is -2.54. The van der Waals surface area contributed by atoms with Crippen LogP contribution in [-0.4, -0.2) is 39.8 Å². The Morgan fingerprint density at radius 3 is 3.12 bits per heavy atom. The first-order valence-electron chi connectivity index (χ1n) is 6.04. The van der Waals surface area contributed by atoms with Gasteiger partial charge in [-0.2, -0.15) is 5.10 Å². The second-order valence-corrected chi connectivity index (χ2v) is 4.72. The summed E-state index contributed by atoms with van der Waals surface area (Å²) in [7, 11) is 0. The van der Waals surface area contributed by atoms with Gasteiger partial charge in [0.2, 0.25) is 0 Å². The lowest BCUT2D eigenvalue weighted by atomic mass is 10.1. The number of hydrogen-bond donors (Lipinski definition) is 1. The van der Waals surface area contributed by atoms with Crippen LogP contribution in [0.3, 0.4) is 0 Å². The van der Waals surface area contributed by atoms with Crippen molar-refractivity contribution in [1.82, 2.24) is 19.9 Å². The Hall–Kier alpha value is -1.62. The highest BCUT2D eigenvalue weighted by Gasteiger charge is 2.24. The van der Waals surface area contributed by atoms with Crippen LogP contribution >= 0.6 is 0 Å². The number of hydrogen-bond acceptors (Lipinski definition) is 4. The summed E-state index contributed by atoms with van der Waals surface area (Å²) >= 11 is 0. The predicted molar refractivity (Wildman–Crippen MR) is 67.3 cm³/mol. The minimum absolute atomic E-state index is 0.458. The van der Waals surface area contributed by atoms with Crippen molar-refractivity contribution in [2.75, 3.05) is 18.0 Å². The van der Waals surface area contributed by atoms with Gasteiger partial charge in [0.05, 0.1) is 6.20 Å². The van der Waals surface area contributed by atoms with E-state index in [1.54, 1.807) is 0 Å². The summed E-state index contributed by atoms with van der Waals surface area (Å²) in [5.41, 5.74) is 1.08. The molecular weight excluding hydrogens is 214 g/mol. The quantitative estimate of drug-likeness (QED) is 0.792. The lowest BCUT2D eigenvalue weighted by Gasteiger charge is -2.38. The molecule has 5 nitrogen and oxygen atoms in total. The van der Waals surface area contributed by atoms with Gasteiger partial charge in [-0.15, -0.1) is 0 Å². The van der Waals surface area contributed by atoms with E-state index in [4.69, 9.17) is 0 Å². The van der Waals surface area contributed by atoms with Crippen molar-refractivity contribution in [3.8, 4) is 0 Å². The van der Waals surface area contributed by atoms with Gasteiger partial charge >= 0.3 is 0 Å². The molecule has 1 aliphatic heterocycles. The van der Waals surface area contributed by atoms with Gasteiger partial charge in [0.1, 0.15) is 5.52 Å². The smallest absolute Gasteiger partial charge is 0.155 e. The van der Waals surface area contributed by atoms with E-state index >= 15 is 0 Å². The van der Waals surface area contributed by atoms with Crippen LogP contribution in [0, 0.1) is 0 Å². The summed E-state index contributed by atoms with van der Waals surface area (Å²) in [6, 6.07) is 2.97. The maximum Gasteiger partial charge on any atom is 0.155 e. The molecule has 1 fully saturated rings. The van der Waals surface area contributed by atoms with Gasteiger partial charge in [-0.1, -0.05) is 0 Å². The van der Waals surface area contributed by atoms with Crippen molar-refractivity contribution in [3.05, 3.63) is 24.7 Å². The van der Waals surface area contributed by atoms with E-state index in [0.717, 1.165) is 24.4 Å². The number of nitrogens with one attached hydrogen (secondary N) is 1. The SMILES string of the molecule is CC1CN(c2nccn3nccc23)C(C)CN1. The van der Waals surface area contributed by atoms with Crippen molar-refractivity contribution in [2.45, 2.75) is 25.9 Å². The number of rotatable bonds is 1. The highest BCUT2D eigenvalue weighted by Crippen LogP contribution is 2.22. The maximum atomic E-state index is 4.52. The van der Waals surface area contributed by atoms with Crippen molar-refractivity contribution in [1.29, 1.82) is 0 Å². The second-order valence-electron chi connectivity index (χ2n) is 4.72. The van der Waals surface area contributed by atoms with E-state index < -0.39 is 0 Å². The third-order valence-electron chi connectivity index (χ3n) is 3.34. The van der Waals surface area contributed by atoms with Crippen LogP contribution in [0.15, 0.2) is 24.7 Å². The summed E-state index contributed by atoms with van der Waals surface area (Å²) < 4.78 is 1.88. The van der Waals surface area contributed by atoms with Crippen LogP contribution in [0.2, 0.25) is 0 Å². The first-order chi connectivity index (χ1) is 8.25. The van der Waals surface area contributed by atoms with Crippen molar-refractivity contribution < 1.29 is 0 Å². The van der Waals surface area contributed by atoms with Gasteiger partial charge in [0.15, 0.2) is 5.82 Å². The number of nitrogens with zero attached hydrogens (tertiary/aromatic N) is 4. The first-order valence-corrected chi connectivity index (χ1v) is 6.04. The molecule has 1 saturated heterocycles. The molecule has 0 saturated carbocycles. The van der Waals surface area contributed by atoms with Crippen molar-refractivity contribution in [3.63, 3.8) is 0 Å². The Kier molecular flexibility index (Phi) is 2.48. The molecule has 3 heterocycles. The van der Waals surface area contributed by atoms with Crippen LogP contribution < -0.4 is 10.2 Å². The molecule has 1 N–H and O–H groups in total. The maximum absolute atomic E-state index is 4.52. The van der Waals surface area contributed by atoms with E-state index in [1.807, 2.05) is 29.2 Å². The zero-order valence-electron chi connectivity index (χ0n) is 10.2. The highest BCUT2D eigenvalue weighted by molar-refractivity contribution is 5.68. The summed E-state index contributed by atoms with van der Waals surface area (Å²) in [5, 5.41) is 7.73. The van der Waals surface area contributed by atoms with Gasteiger partial charge in [-0.3, -0.25) is 0 Å². The zero-order valence-corrected chi connectivity index (χ0v) is 10.2. The molecule has 2 aromatic rings. The second kappa shape index (κ2) is 4.00. The molecule has 2 unspecified atom stereocenters. The first kappa shape index (κ1) is 10.5. The molecule has 0 bridgehead atoms. The standard InChI is InChI=1S/C12H17N5/c1-9-8-16(10(2)7-14-9)12-11-3-4-15-17(11)6-5-13-12/h3-6,9-10,14H,7-8H2,1-2H3. The summed E-state index contributed by atoms with van der Waals surface area (Å²) in [4.78, 5) is 6.88. The molecule has 2 aromatic heterocycles. The molecule has 17 heavy (non-hydrogen) atoms.